The second-order valence-electron chi connectivity index (χ2n) is 8.23. The van der Waals surface area contributed by atoms with Crippen LogP contribution in [0.25, 0.3) is 0 Å². The average molecular weight is 417 g/mol. The standard InChI is InChI=1S/C23H29ClN2O3/c1-16(2)17-7-9-19(10-8-17)25-22(27)15-26-12-11-23(3,28)21(14-26)29-20-6-4-5-18(24)13-20/h4-10,13,16,21,28H,11-12,14-15H2,1-3H3,(H,25,27)/t21-,23-/m0/s1. The number of likely N-dealkylation sites (tertiary alicyclic amines) is 1. The highest BCUT2D eigenvalue weighted by molar-refractivity contribution is 6.30. The number of carbonyl (C=O) groups is 1. The molecule has 0 spiro atoms. The Kier molecular flexibility index (Phi) is 6.83. The van der Waals surface area contributed by atoms with Crippen LogP contribution in [0.5, 0.6) is 5.75 Å². The van der Waals surface area contributed by atoms with Crippen molar-refractivity contribution in [3.63, 3.8) is 0 Å². The normalized spacial score (nSPS) is 22.5. The lowest BCUT2D eigenvalue weighted by Crippen LogP contribution is -2.57. The van der Waals surface area contributed by atoms with Gasteiger partial charge in [0.15, 0.2) is 0 Å². The number of carbonyl (C=O) groups excluding carboxylic acids is 1. The topological polar surface area (TPSA) is 61.8 Å². The minimum Gasteiger partial charge on any atom is -0.486 e. The molecule has 3 rings (SSSR count). The highest BCUT2D eigenvalue weighted by Crippen LogP contribution is 2.28. The number of halogens is 1. The number of anilines is 1. The molecule has 0 radical (unpaired) electrons. The van der Waals surface area contributed by atoms with Crippen LogP contribution in [0.3, 0.4) is 0 Å². The summed E-state index contributed by atoms with van der Waals surface area (Å²) in [5.74, 6) is 0.988. The predicted octanol–water partition coefficient (Wildman–Crippen LogP) is 4.31. The number of nitrogens with one attached hydrogen (secondary N) is 1. The number of nitrogens with zero attached hydrogens (tertiary/aromatic N) is 1. The van der Waals surface area contributed by atoms with Gasteiger partial charge in [-0.25, -0.2) is 0 Å². The molecular formula is C23H29ClN2O3. The number of benzene rings is 2. The third kappa shape index (κ3) is 5.95. The Labute approximate surface area is 177 Å². The summed E-state index contributed by atoms with van der Waals surface area (Å²) in [6, 6.07) is 15.1. The summed E-state index contributed by atoms with van der Waals surface area (Å²) in [5, 5.41) is 14.3. The van der Waals surface area contributed by atoms with Crippen LogP contribution in [-0.4, -0.2) is 47.3 Å². The third-order valence-electron chi connectivity index (χ3n) is 5.35. The van der Waals surface area contributed by atoms with Gasteiger partial charge in [-0.05, 0) is 55.2 Å². The highest BCUT2D eigenvalue weighted by atomic mass is 35.5. The summed E-state index contributed by atoms with van der Waals surface area (Å²) >= 11 is 6.03. The fourth-order valence-corrected chi connectivity index (χ4v) is 3.62. The summed E-state index contributed by atoms with van der Waals surface area (Å²) in [4.78, 5) is 14.5. The van der Waals surface area contributed by atoms with Crippen LogP contribution in [0.2, 0.25) is 5.02 Å². The fourth-order valence-electron chi connectivity index (χ4n) is 3.44. The van der Waals surface area contributed by atoms with Gasteiger partial charge in [0.25, 0.3) is 0 Å². The molecule has 0 unspecified atom stereocenters. The van der Waals surface area contributed by atoms with Crippen molar-refractivity contribution in [2.24, 2.45) is 0 Å². The van der Waals surface area contributed by atoms with Crippen molar-refractivity contribution in [2.75, 3.05) is 25.0 Å². The average Bonchev–Trinajstić information content (AvgIpc) is 2.65. The number of piperidine rings is 1. The van der Waals surface area contributed by atoms with Gasteiger partial charge in [-0.3, -0.25) is 9.69 Å². The van der Waals surface area contributed by atoms with Crippen molar-refractivity contribution in [3.8, 4) is 5.75 Å². The Morgan fingerprint density at radius 3 is 2.69 bits per heavy atom. The lowest BCUT2D eigenvalue weighted by Gasteiger charge is -2.42. The van der Waals surface area contributed by atoms with E-state index in [0.717, 1.165) is 5.69 Å². The maximum Gasteiger partial charge on any atom is 0.238 e. The van der Waals surface area contributed by atoms with Crippen molar-refractivity contribution in [1.29, 1.82) is 0 Å². The molecule has 1 heterocycles. The molecular weight excluding hydrogens is 388 g/mol. The minimum atomic E-state index is -0.970. The zero-order valence-corrected chi connectivity index (χ0v) is 17.9. The molecule has 0 aromatic heterocycles. The molecule has 6 heteroatoms. The van der Waals surface area contributed by atoms with Crippen LogP contribution in [-0.2, 0) is 4.79 Å². The summed E-state index contributed by atoms with van der Waals surface area (Å²) in [5.41, 5.74) is 1.06. The van der Waals surface area contributed by atoms with E-state index >= 15 is 0 Å². The fraction of sp³-hybridized carbons (Fsp3) is 0.435. The van der Waals surface area contributed by atoms with E-state index in [0.29, 0.717) is 36.2 Å². The van der Waals surface area contributed by atoms with Gasteiger partial charge in [0.2, 0.25) is 5.91 Å². The van der Waals surface area contributed by atoms with Gasteiger partial charge in [0.05, 0.1) is 6.54 Å². The molecule has 1 saturated heterocycles. The van der Waals surface area contributed by atoms with Gasteiger partial charge in [-0.2, -0.15) is 0 Å². The molecule has 0 aliphatic carbocycles. The SMILES string of the molecule is CC(C)c1ccc(NC(=O)CN2CC[C@](C)(O)[C@@H](Oc3cccc(Cl)c3)C2)cc1. The molecule has 2 aromatic carbocycles. The van der Waals surface area contributed by atoms with E-state index in [-0.39, 0.29) is 12.5 Å². The molecule has 1 amide bonds. The molecule has 156 valence electrons. The van der Waals surface area contributed by atoms with Gasteiger partial charge in [0.1, 0.15) is 17.5 Å². The van der Waals surface area contributed by atoms with E-state index < -0.39 is 11.7 Å². The molecule has 5 nitrogen and oxygen atoms in total. The van der Waals surface area contributed by atoms with Gasteiger partial charge in [0, 0.05) is 23.8 Å². The molecule has 0 bridgehead atoms. The van der Waals surface area contributed by atoms with E-state index in [4.69, 9.17) is 16.3 Å². The number of hydrogen-bond donors (Lipinski definition) is 2. The lowest BCUT2D eigenvalue weighted by atomic mass is 9.90. The molecule has 1 aliphatic rings. The third-order valence-corrected chi connectivity index (χ3v) is 5.59. The van der Waals surface area contributed by atoms with E-state index in [1.165, 1.54) is 5.56 Å². The van der Waals surface area contributed by atoms with E-state index in [1.54, 1.807) is 19.1 Å². The van der Waals surface area contributed by atoms with Gasteiger partial charge in [-0.15, -0.1) is 0 Å². The number of ether oxygens (including phenoxy) is 1. The summed E-state index contributed by atoms with van der Waals surface area (Å²) in [6.07, 6.45) is 0.0713. The molecule has 2 N–H and O–H groups in total. The maximum atomic E-state index is 12.5. The molecule has 1 aliphatic heterocycles. The Bertz CT molecular complexity index is 836. The molecule has 2 atom stereocenters. The first-order valence-corrected chi connectivity index (χ1v) is 10.4. The Hall–Kier alpha value is -2.08. The monoisotopic (exact) mass is 416 g/mol. The lowest BCUT2D eigenvalue weighted by molar-refractivity contribution is -0.122. The minimum absolute atomic E-state index is 0.0784. The van der Waals surface area contributed by atoms with Crippen molar-refractivity contribution in [2.45, 2.75) is 44.8 Å². The van der Waals surface area contributed by atoms with Gasteiger partial charge < -0.3 is 15.2 Å². The number of amides is 1. The van der Waals surface area contributed by atoms with E-state index in [2.05, 4.69) is 19.2 Å². The van der Waals surface area contributed by atoms with Crippen LogP contribution < -0.4 is 10.1 Å². The van der Waals surface area contributed by atoms with E-state index in [9.17, 15) is 9.90 Å². The largest absolute Gasteiger partial charge is 0.486 e. The van der Waals surface area contributed by atoms with Gasteiger partial charge in [-0.1, -0.05) is 43.6 Å². The van der Waals surface area contributed by atoms with Crippen molar-refractivity contribution in [3.05, 3.63) is 59.1 Å². The molecule has 0 saturated carbocycles. The Morgan fingerprint density at radius 2 is 2.03 bits per heavy atom. The quantitative estimate of drug-likeness (QED) is 0.736. The van der Waals surface area contributed by atoms with Crippen LogP contribution in [0.1, 0.15) is 38.7 Å². The molecule has 2 aromatic rings. The zero-order chi connectivity index (χ0) is 21.0. The smallest absolute Gasteiger partial charge is 0.238 e. The summed E-state index contributed by atoms with van der Waals surface area (Å²) in [6.45, 7) is 7.39. The van der Waals surface area contributed by atoms with Crippen LogP contribution in [0.4, 0.5) is 5.69 Å². The summed E-state index contributed by atoms with van der Waals surface area (Å²) in [7, 11) is 0. The number of aliphatic hydroxyl groups is 1. The summed E-state index contributed by atoms with van der Waals surface area (Å²) < 4.78 is 6.01. The number of hydrogen-bond acceptors (Lipinski definition) is 4. The van der Waals surface area contributed by atoms with Crippen molar-refractivity contribution in [1.82, 2.24) is 4.90 Å². The first-order chi connectivity index (χ1) is 13.7. The van der Waals surface area contributed by atoms with Crippen LogP contribution in [0, 0.1) is 0 Å². The van der Waals surface area contributed by atoms with Crippen molar-refractivity contribution >= 4 is 23.2 Å². The number of rotatable bonds is 6. The maximum absolute atomic E-state index is 12.5. The Morgan fingerprint density at radius 1 is 1.31 bits per heavy atom. The highest BCUT2D eigenvalue weighted by Gasteiger charge is 2.39. The zero-order valence-electron chi connectivity index (χ0n) is 17.2. The molecule has 1 fully saturated rings. The molecule has 29 heavy (non-hydrogen) atoms. The Balaban J connectivity index is 1.58. The first-order valence-electron chi connectivity index (χ1n) is 10.00. The first kappa shape index (κ1) is 21.6. The second kappa shape index (κ2) is 9.16. The van der Waals surface area contributed by atoms with E-state index in [1.807, 2.05) is 41.3 Å². The second-order valence-corrected chi connectivity index (χ2v) is 8.67. The van der Waals surface area contributed by atoms with Crippen LogP contribution in [0.15, 0.2) is 48.5 Å². The predicted molar refractivity (Wildman–Crippen MR) is 117 cm³/mol. The van der Waals surface area contributed by atoms with Crippen LogP contribution >= 0.6 is 11.6 Å². The van der Waals surface area contributed by atoms with Crippen molar-refractivity contribution < 1.29 is 14.6 Å². The van der Waals surface area contributed by atoms with Gasteiger partial charge >= 0.3 is 0 Å².